The minimum atomic E-state index is -0.968. The molecule has 1 heterocycles. The van der Waals surface area contributed by atoms with Crippen LogP contribution in [0, 0.1) is 0 Å². The van der Waals surface area contributed by atoms with Gasteiger partial charge in [-0.3, -0.25) is 28.8 Å². The quantitative estimate of drug-likeness (QED) is 0.198. The second-order valence-electron chi connectivity index (χ2n) is 11.6. The van der Waals surface area contributed by atoms with Gasteiger partial charge < -0.3 is 42.5 Å². The predicted octanol–water partition coefficient (Wildman–Crippen LogP) is -1.26. The molecule has 260 valence electrons. The summed E-state index contributed by atoms with van der Waals surface area (Å²) >= 11 is 0. The van der Waals surface area contributed by atoms with E-state index in [1.165, 1.54) is 4.90 Å². The van der Waals surface area contributed by atoms with Gasteiger partial charge in [-0.15, -0.1) is 0 Å². The summed E-state index contributed by atoms with van der Waals surface area (Å²) < 4.78 is 0. The zero-order chi connectivity index (χ0) is 34.6. The Kier molecular flexibility index (Phi) is 16.6. The summed E-state index contributed by atoms with van der Waals surface area (Å²) in [5.41, 5.74) is 7.50. The SMILES string of the molecule is NC(=O)[C@H](Cc1ccccc1)N1CCNCCNC(=O)CCCCCN[C@H](Cc2ccccc2)C(=O)NCC(=O)NCC(=O)NCC1=O. The minimum absolute atomic E-state index is 0.0703. The highest BCUT2D eigenvalue weighted by Gasteiger charge is 2.28. The Morgan fingerprint density at radius 3 is 2.04 bits per heavy atom. The molecule has 1 aliphatic heterocycles. The molecule has 14 heteroatoms. The molecule has 0 saturated carbocycles. The molecular weight excluding hydrogens is 616 g/mol. The van der Waals surface area contributed by atoms with Gasteiger partial charge in [0.1, 0.15) is 6.04 Å². The smallest absolute Gasteiger partial charge is 0.242 e. The Labute approximate surface area is 281 Å². The molecule has 2 aromatic rings. The molecular formula is C34H48N8O6. The van der Waals surface area contributed by atoms with E-state index in [1.807, 2.05) is 60.7 Å². The molecule has 6 amide bonds. The molecule has 0 radical (unpaired) electrons. The van der Waals surface area contributed by atoms with Crippen LogP contribution in [0.2, 0.25) is 0 Å². The van der Waals surface area contributed by atoms with Crippen molar-refractivity contribution in [3.05, 3.63) is 71.8 Å². The molecule has 0 spiro atoms. The summed E-state index contributed by atoms with van der Waals surface area (Å²) in [5.74, 6) is -2.84. The van der Waals surface area contributed by atoms with Gasteiger partial charge in [-0.25, -0.2) is 0 Å². The predicted molar refractivity (Wildman–Crippen MR) is 180 cm³/mol. The van der Waals surface area contributed by atoms with E-state index in [0.29, 0.717) is 45.4 Å². The van der Waals surface area contributed by atoms with E-state index in [9.17, 15) is 28.8 Å². The Bertz CT molecular complexity index is 1340. The summed E-state index contributed by atoms with van der Waals surface area (Å²) in [6.07, 6.45) is 3.22. The number of rotatable bonds is 6. The zero-order valence-corrected chi connectivity index (χ0v) is 27.3. The summed E-state index contributed by atoms with van der Waals surface area (Å²) in [5, 5.41) is 16.9. The first-order chi connectivity index (χ1) is 23.2. The van der Waals surface area contributed by atoms with Crippen LogP contribution in [0.3, 0.4) is 0 Å². The van der Waals surface area contributed by atoms with Crippen molar-refractivity contribution in [1.29, 1.82) is 0 Å². The Morgan fingerprint density at radius 1 is 0.708 bits per heavy atom. The van der Waals surface area contributed by atoms with E-state index in [-0.39, 0.29) is 31.3 Å². The molecule has 8 N–H and O–H groups in total. The van der Waals surface area contributed by atoms with Gasteiger partial charge in [0.2, 0.25) is 35.4 Å². The number of hydrogen-bond acceptors (Lipinski definition) is 8. The van der Waals surface area contributed by atoms with Gasteiger partial charge in [0.25, 0.3) is 0 Å². The van der Waals surface area contributed by atoms with E-state index in [2.05, 4.69) is 31.9 Å². The van der Waals surface area contributed by atoms with Crippen molar-refractivity contribution in [3.8, 4) is 0 Å². The van der Waals surface area contributed by atoms with E-state index in [4.69, 9.17) is 5.73 Å². The van der Waals surface area contributed by atoms with Crippen LogP contribution < -0.4 is 37.6 Å². The van der Waals surface area contributed by atoms with Gasteiger partial charge in [-0.2, -0.15) is 0 Å². The second-order valence-corrected chi connectivity index (χ2v) is 11.6. The lowest BCUT2D eigenvalue weighted by Gasteiger charge is -2.30. The first kappa shape index (κ1) is 37.6. The topological polar surface area (TPSA) is 204 Å². The number of carbonyl (C=O) groups excluding carboxylic acids is 6. The minimum Gasteiger partial charge on any atom is -0.368 e. The first-order valence-corrected chi connectivity index (χ1v) is 16.4. The summed E-state index contributed by atoms with van der Waals surface area (Å²) in [4.78, 5) is 77.5. The number of nitrogens with zero attached hydrogens (tertiary/aromatic N) is 1. The molecule has 0 aromatic heterocycles. The lowest BCUT2D eigenvalue weighted by molar-refractivity contribution is -0.139. The fourth-order valence-corrected chi connectivity index (χ4v) is 5.20. The Balaban J connectivity index is 1.65. The monoisotopic (exact) mass is 664 g/mol. The van der Waals surface area contributed by atoms with Gasteiger partial charge in [-0.1, -0.05) is 67.1 Å². The highest BCUT2D eigenvalue weighted by molar-refractivity contribution is 5.92. The van der Waals surface area contributed by atoms with Gasteiger partial charge in [-0.05, 0) is 36.9 Å². The fourth-order valence-electron chi connectivity index (χ4n) is 5.20. The van der Waals surface area contributed by atoms with Crippen LogP contribution in [0.25, 0.3) is 0 Å². The average molecular weight is 665 g/mol. The van der Waals surface area contributed by atoms with E-state index in [1.54, 1.807) is 0 Å². The van der Waals surface area contributed by atoms with Gasteiger partial charge in [0.15, 0.2) is 0 Å². The van der Waals surface area contributed by atoms with Crippen molar-refractivity contribution >= 4 is 35.4 Å². The number of amides is 6. The highest BCUT2D eigenvalue weighted by Crippen LogP contribution is 2.10. The normalized spacial score (nSPS) is 19.8. The number of nitrogens with two attached hydrogens (primary N) is 1. The molecule has 1 saturated heterocycles. The number of nitrogens with one attached hydrogen (secondary N) is 6. The molecule has 2 atom stereocenters. The third-order valence-corrected chi connectivity index (χ3v) is 7.83. The fraction of sp³-hybridized carbons (Fsp3) is 0.471. The third-order valence-electron chi connectivity index (χ3n) is 7.83. The molecule has 1 fully saturated rings. The number of benzene rings is 2. The molecule has 0 aliphatic carbocycles. The summed E-state index contributed by atoms with van der Waals surface area (Å²) in [7, 11) is 0. The maximum atomic E-state index is 13.3. The van der Waals surface area contributed by atoms with Crippen LogP contribution in [0.4, 0.5) is 0 Å². The Hall–Kier alpha value is -4.82. The van der Waals surface area contributed by atoms with Crippen LogP contribution in [0.15, 0.2) is 60.7 Å². The van der Waals surface area contributed by atoms with Crippen molar-refractivity contribution in [3.63, 3.8) is 0 Å². The molecule has 48 heavy (non-hydrogen) atoms. The molecule has 2 aromatic carbocycles. The maximum Gasteiger partial charge on any atom is 0.242 e. The van der Waals surface area contributed by atoms with Crippen LogP contribution in [-0.2, 0) is 41.6 Å². The summed E-state index contributed by atoms with van der Waals surface area (Å²) in [6.45, 7) is 0.646. The van der Waals surface area contributed by atoms with Crippen molar-refractivity contribution in [1.82, 2.24) is 36.8 Å². The molecule has 0 unspecified atom stereocenters. The van der Waals surface area contributed by atoms with Crippen LogP contribution >= 0.6 is 0 Å². The van der Waals surface area contributed by atoms with Crippen molar-refractivity contribution in [2.24, 2.45) is 5.73 Å². The molecule has 1 aliphatic rings. The van der Waals surface area contributed by atoms with Crippen LogP contribution in [0.1, 0.15) is 36.8 Å². The van der Waals surface area contributed by atoms with Gasteiger partial charge in [0, 0.05) is 39.0 Å². The first-order valence-electron chi connectivity index (χ1n) is 16.4. The summed E-state index contributed by atoms with van der Waals surface area (Å²) in [6, 6.07) is 17.1. The molecule has 0 bridgehead atoms. The average Bonchev–Trinajstić information content (AvgIpc) is 3.08. The maximum absolute atomic E-state index is 13.3. The van der Waals surface area contributed by atoms with Crippen LogP contribution in [0.5, 0.6) is 0 Å². The highest BCUT2D eigenvalue weighted by atomic mass is 16.2. The standard InChI is InChI=1S/C34H48N8O6/c35-33(47)28(21-26-12-6-2-7-13-26)42-19-18-36-16-17-38-29(43)14-8-3-9-15-37-27(20-25-10-4-1-5-11-25)34(48)41-23-31(45)39-22-30(44)40-24-32(42)46/h1-2,4-7,10-13,27-28,36-37H,3,8-9,14-24H2,(H2,35,47)(H,38,43)(H,39,45)(H,40,44)(H,41,48)/t27-,28+/m1/s1. The van der Waals surface area contributed by atoms with Crippen molar-refractivity contribution in [2.45, 2.75) is 50.6 Å². The Morgan fingerprint density at radius 2 is 1.35 bits per heavy atom. The molecule has 14 nitrogen and oxygen atoms in total. The molecule has 3 rings (SSSR count). The lowest BCUT2D eigenvalue weighted by Crippen LogP contribution is -2.54. The lowest BCUT2D eigenvalue weighted by atomic mass is 10.0. The largest absolute Gasteiger partial charge is 0.368 e. The number of hydrogen-bond donors (Lipinski definition) is 7. The van der Waals surface area contributed by atoms with Crippen molar-refractivity contribution < 1.29 is 28.8 Å². The second kappa shape index (κ2) is 21.1. The third kappa shape index (κ3) is 14.3. The van der Waals surface area contributed by atoms with Gasteiger partial charge in [0.05, 0.1) is 25.7 Å². The van der Waals surface area contributed by atoms with E-state index in [0.717, 1.165) is 24.0 Å². The number of carbonyl (C=O) groups is 6. The zero-order valence-electron chi connectivity index (χ0n) is 27.3. The van der Waals surface area contributed by atoms with Crippen LogP contribution in [-0.4, -0.2) is 105 Å². The number of primary amides is 1. The van der Waals surface area contributed by atoms with Crippen molar-refractivity contribution in [2.75, 3.05) is 52.4 Å². The van der Waals surface area contributed by atoms with Gasteiger partial charge >= 0.3 is 0 Å². The van der Waals surface area contributed by atoms with E-state index >= 15 is 0 Å². The van der Waals surface area contributed by atoms with E-state index < -0.39 is 48.8 Å².